The van der Waals surface area contributed by atoms with E-state index in [2.05, 4.69) is 20.5 Å². The van der Waals surface area contributed by atoms with Gasteiger partial charge in [0.2, 0.25) is 0 Å². The Bertz CT molecular complexity index is 1010. The highest BCUT2D eigenvalue weighted by molar-refractivity contribution is 6.06. The van der Waals surface area contributed by atoms with Crippen molar-refractivity contribution in [1.29, 1.82) is 0 Å². The van der Waals surface area contributed by atoms with Crippen LogP contribution in [0.4, 0.5) is 5.69 Å². The molecular formula is C20H20ClN5O2. The number of halogens is 1. The number of nitrogens with one attached hydrogen (secondary N) is 2. The van der Waals surface area contributed by atoms with E-state index in [0.29, 0.717) is 35.9 Å². The molecular weight excluding hydrogens is 378 g/mol. The molecule has 3 aromatic rings. The fourth-order valence-electron chi connectivity index (χ4n) is 3.21. The van der Waals surface area contributed by atoms with E-state index in [1.807, 2.05) is 18.2 Å². The minimum atomic E-state index is -0.202. The van der Waals surface area contributed by atoms with E-state index in [-0.39, 0.29) is 24.1 Å². The van der Waals surface area contributed by atoms with Gasteiger partial charge in [0.25, 0.3) is 5.91 Å². The molecule has 144 valence electrons. The molecule has 2 aromatic carbocycles. The van der Waals surface area contributed by atoms with Crippen molar-refractivity contribution in [3.63, 3.8) is 0 Å². The van der Waals surface area contributed by atoms with E-state index < -0.39 is 0 Å². The normalized spacial score (nSPS) is 12.8. The molecule has 4 N–H and O–H groups in total. The Morgan fingerprint density at radius 3 is 2.64 bits per heavy atom. The number of aromatic amines is 1. The van der Waals surface area contributed by atoms with Gasteiger partial charge < -0.3 is 11.1 Å². The second-order valence-corrected chi connectivity index (χ2v) is 6.49. The van der Waals surface area contributed by atoms with Gasteiger partial charge in [-0.05, 0) is 54.8 Å². The average Bonchev–Trinajstić information content (AvgIpc) is 3.18. The van der Waals surface area contributed by atoms with E-state index in [1.54, 1.807) is 24.3 Å². The van der Waals surface area contributed by atoms with Crippen LogP contribution in [0.15, 0.2) is 42.5 Å². The molecule has 4 rings (SSSR count). The molecule has 0 spiro atoms. The molecule has 0 radical (unpaired) electrons. The van der Waals surface area contributed by atoms with Crippen LogP contribution in [0.25, 0.3) is 11.4 Å². The molecule has 1 heterocycles. The number of benzene rings is 2. The summed E-state index contributed by atoms with van der Waals surface area (Å²) in [5, 5.41) is 9.76. The van der Waals surface area contributed by atoms with Crippen LogP contribution >= 0.6 is 12.4 Å². The molecule has 1 aliphatic rings. The molecule has 8 heteroatoms. The van der Waals surface area contributed by atoms with Crippen LogP contribution in [0.3, 0.4) is 0 Å². The molecule has 0 fully saturated rings. The Balaban J connectivity index is 0.00000225. The number of ketones is 1. The van der Waals surface area contributed by atoms with Crippen LogP contribution in [-0.2, 0) is 13.0 Å². The van der Waals surface area contributed by atoms with Crippen LogP contribution < -0.4 is 11.1 Å². The van der Waals surface area contributed by atoms with Crippen molar-refractivity contribution in [1.82, 2.24) is 15.2 Å². The highest BCUT2D eigenvalue weighted by Crippen LogP contribution is 2.23. The van der Waals surface area contributed by atoms with Gasteiger partial charge in [0.05, 0.1) is 6.54 Å². The molecule has 0 saturated carbocycles. The highest BCUT2D eigenvalue weighted by Gasteiger charge is 2.18. The van der Waals surface area contributed by atoms with Crippen molar-refractivity contribution in [2.24, 2.45) is 5.73 Å². The monoisotopic (exact) mass is 397 g/mol. The molecule has 1 aliphatic carbocycles. The number of Topliss-reactive ketones (excluding diaryl/α,β-unsaturated/α-hetero) is 1. The summed E-state index contributed by atoms with van der Waals surface area (Å²) in [4.78, 5) is 28.7. The number of nitrogens with zero attached hydrogens (tertiary/aromatic N) is 2. The lowest BCUT2D eigenvalue weighted by Crippen LogP contribution is -2.15. The summed E-state index contributed by atoms with van der Waals surface area (Å²) in [6, 6.07) is 12.6. The molecule has 28 heavy (non-hydrogen) atoms. The summed E-state index contributed by atoms with van der Waals surface area (Å²) in [6.07, 6.45) is 2.26. The number of rotatable bonds is 4. The van der Waals surface area contributed by atoms with Crippen molar-refractivity contribution in [2.45, 2.75) is 25.8 Å². The second kappa shape index (κ2) is 8.33. The molecule has 1 aromatic heterocycles. The fourth-order valence-corrected chi connectivity index (χ4v) is 3.21. The van der Waals surface area contributed by atoms with Gasteiger partial charge in [-0.25, -0.2) is 4.98 Å². The largest absolute Gasteiger partial charge is 0.324 e. The first kappa shape index (κ1) is 19.7. The Kier molecular flexibility index (Phi) is 5.87. The van der Waals surface area contributed by atoms with E-state index in [1.165, 1.54) is 0 Å². The predicted octanol–water partition coefficient (Wildman–Crippen LogP) is 3.12. The van der Waals surface area contributed by atoms with Gasteiger partial charge in [0.15, 0.2) is 11.6 Å². The Morgan fingerprint density at radius 1 is 1.14 bits per heavy atom. The topological polar surface area (TPSA) is 114 Å². The average molecular weight is 398 g/mol. The van der Waals surface area contributed by atoms with E-state index in [4.69, 9.17) is 5.73 Å². The maximum Gasteiger partial charge on any atom is 0.255 e. The van der Waals surface area contributed by atoms with Crippen LogP contribution in [0, 0.1) is 0 Å². The molecule has 1 amide bonds. The number of carbonyl (C=O) groups is 2. The highest BCUT2D eigenvalue weighted by atomic mass is 35.5. The lowest BCUT2D eigenvalue weighted by atomic mass is 9.89. The number of fused-ring (bicyclic) bond motifs is 1. The Morgan fingerprint density at radius 2 is 1.93 bits per heavy atom. The fraction of sp³-hybridized carbons (Fsp3) is 0.200. The van der Waals surface area contributed by atoms with Crippen LogP contribution in [0.2, 0.25) is 0 Å². The number of nitrogens with two attached hydrogens (primary N) is 1. The third-order valence-corrected chi connectivity index (χ3v) is 4.64. The zero-order valence-electron chi connectivity index (χ0n) is 15.1. The summed E-state index contributed by atoms with van der Waals surface area (Å²) in [5.74, 6) is 1.14. The van der Waals surface area contributed by atoms with Gasteiger partial charge in [-0.3, -0.25) is 14.7 Å². The van der Waals surface area contributed by atoms with Gasteiger partial charge in [0.1, 0.15) is 5.82 Å². The maximum atomic E-state index is 12.5. The molecule has 0 bridgehead atoms. The number of amides is 1. The van der Waals surface area contributed by atoms with Crippen LogP contribution in [-0.4, -0.2) is 26.9 Å². The molecule has 0 saturated heterocycles. The molecule has 0 atom stereocenters. The minimum absolute atomic E-state index is 0. The molecule has 0 unspecified atom stereocenters. The zero-order valence-corrected chi connectivity index (χ0v) is 15.9. The van der Waals surface area contributed by atoms with Crippen molar-refractivity contribution in [3.8, 4) is 11.4 Å². The summed E-state index contributed by atoms with van der Waals surface area (Å²) in [5.41, 5.74) is 9.27. The van der Waals surface area contributed by atoms with Gasteiger partial charge in [-0.1, -0.05) is 6.07 Å². The van der Waals surface area contributed by atoms with E-state index >= 15 is 0 Å². The first-order valence-electron chi connectivity index (χ1n) is 8.83. The Labute approximate surface area is 168 Å². The SMILES string of the molecule is Cl.NCc1nc(-c2ccc(NC(=O)c3ccc4c(c3)CCCC4=O)cc2)n[nH]1. The number of anilines is 1. The number of H-pyrrole nitrogens is 1. The van der Waals surface area contributed by atoms with Crippen LogP contribution in [0.1, 0.15) is 44.9 Å². The lowest BCUT2D eigenvalue weighted by Gasteiger charge is -2.15. The first-order valence-corrected chi connectivity index (χ1v) is 8.83. The minimum Gasteiger partial charge on any atom is -0.324 e. The van der Waals surface area contributed by atoms with E-state index in [9.17, 15) is 9.59 Å². The number of hydrogen-bond acceptors (Lipinski definition) is 5. The van der Waals surface area contributed by atoms with Crippen molar-refractivity contribution < 1.29 is 9.59 Å². The van der Waals surface area contributed by atoms with Crippen molar-refractivity contribution >= 4 is 29.8 Å². The maximum absolute atomic E-state index is 12.5. The summed E-state index contributed by atoms with van der Waals surface area (Å²) < 4.78 is 0. The predicted molar refractivity (Wildman–Crippen MR) is 109 cm³/mol. The first-order chi connectivity index (χ1) is 13.1. The van der Waals surface area contributed by atoms with Gasteiger partial charge in [-0.15, -0.1) is 12.4 Å². The van der Waals surface area contributed by atoms with Crippen molar-refractivity contribution in [3.05, 3.63) is 65.0 Å². The number of aromatic nitrogens is 3. The standard InChI is InChI=1S/C20H19N5O2.ClH/c21-11-18-23-19(25-24-18)12-4-7-15(8-5-12)22-20(27)14-6-9-16-13(10-14)2-1-3-17(16)26;/h4-10H,1-3,11,21H2,(H,22,27)(H,23,24,25);1H. The van der Waals surface area contributed by atoms with Crippen molar-refractivity contribution in [2.75, 3.05) is 5.32 Å². The number of hydrogen-bond donors (Lipinski definition) is 3. The second-order valence-electron chi connectivity index (χ2n) is 6.49. The molecule has 7 nitrogen and oxygen atoms in total. The smallest absolute Gasteiger partial charge is 0.255 e. The Hall–Kier alpha value is -3.03. The molecule has 0 aliphatic heterocycles. The lowest BCUT2D eigenvalue weighted by molar-refractivity contribution is 0.0969. The third kappa shape index (κ3) is 3.95. The van der Waals surface area contributed by atoms with Crippen LogP contribution in [0.5, 0.6) is 0 Å². The van der Waals surface area contributed by atoms with Gasteiger partial charge >= 0.3 is 0 Å². The quantitative estimate of drug-likeness (QED) is 0.625. The third-order valence-electron chi connectivity index (χ3n) is 4.64. The van der Waals surface area contributed by atoms with Gasteiger partial charge in [-0.2, -0.15) is 5.10 Å². The summed E-state index contributed by atoms with van der Waals surface area (Å²) in [7, 11) is 0. The van der Waals surface area contributed by atoms with Gasteiger partial charge in [0, 0.05) is 28.8 Å². The summed E-state index contributed by atoms with van der Waals surface area (Å²) in [6.45, 7) is 0.299. The number of aryl methyl sites for hydroxylation is 1. The number of carbonyl (C=O) groups excluding carboxylic acids is 2. The zero-order chi connectivity index (χ0) is 18.8. The summed E-state index contributed by atoms with van der Waals surface area (Å²) >= 11 is 0. The van der Waals surface area contributed by atoms with E-state index in [0.717, 1.165) is 29.5 Å².